The van der Waals surface area contributed by atoms with Gasteiger partial charge in [0, 0.05) is 32.1 Å². The van der Waals surface area contributed by atoms with E-state index >= 15 is 0 Å². The Hall–Kier alpha value is -2.05. The maximum atomic E-state index is 12.9. The fourth-order valence-electron chi connectivity index (χ4n) is 3.26. The molecule has 0 spiro atoms. The largest absolute Gasteiger partial charge is 0.473 e. The van der Waals surface area contributed by atoms with Crippen molar-refractivity contribution in [3.8, 4) is 5.88 Å². The summed E-state index contributed by atoms with van der Waals surface area (Å²) in [6.07, 6.45) is 1.66. The number of nitrogens with zero attached hydrogens (tertiary/aromatic N) is 2. The minimum atomic E-state index is -3.67. The quantitative estimate of drug-likeness (QED) is 0.273. The minimum Gasteiger partial charge on any atom is -0.473 e. The third-order valence-corrected chi connectivity index (χ3v) is 6.90. The molecular formula is C22H35N3O7S. The normalized spacial score (nSPS) is 16.9. The van der Waals surface area contributed by atoms with Gasteiger partial charge in [-0.25, -0.2) is 13.4 Å². The fourth-order valence-corrected chi connectivity index (χ4v) is 4.68. The van der Waals surface area contributed by atoms with Crippen LogP contribution in [0.4, 0.5) is 0 Å². The van der Waals surface area contributed by atoms with E-state index in [1.165, 1.54) is 29.7 Å². The van der Waals surface area contributed by atoms with Crippen LogP contribution in [0.2, 0.25) is 0 Å². The average molecular weight is 486 g/mol. The Labute approximate surface area is 196 Å². The molecular weight excluding hydrogens is 450 g/mol. The molecule has 2 heterocycles. The first-order valence-corrected chi connectivity index (χ1v) is 12.3. The Morgan fingerprint density at radius 1 is 1.33 bits per heavy atom. The van der Waals surface area contributed by atoms with Gasteiger partial charge in [0.25, 0.3) is 0 Å². The predicted octanol–water partition coefficient (Wildman–Crippen LogP) is 1.66. The zero-order valence-electron chi connectivity index (χ0n) is 19.7. The highest BCUT2D eigenvalue weighted by molar-refractivity contribution is 7.89. The van der Waals surface area contributed by atoms with Crippen LogP contribution < -0.4 is 10.1 Å². The van der Waals surface area contributed by atoms with Crippen molar-refractivity contribution in [2.45, 2.75) is 56.9 Å². The molecule has 10 nitrogen and oxygen atoms in total. The number of carbonyl (C=O) groups excluding carboxylic acids is 1. The van der Waals surface area contributed by atoms with Gasteiger partial charge in [0.2, 0.25) is 22.3 Å². The average Bonchev–Trinajstić information content (AvgIpc) is 2.75. The monoisotopic (exact) mass is 485 g/mol. The van der Waals surface area contributed by atoms with Gasteiger partial charge in [-0.05, 0) is 51.2 Å². The van der Waals surface area contributed by atoms with Crippen molar-refractivity contribution in [2.24, 2.45) is 5.92 Å². The summed E-state index contributed by atoms with van der Waals surface area (Å²) in [6, 6.07) is 2.95. The van der Waals surface area contributed by atoms with Gasteiger partial charge in [0.1, 0.15) is 11.5 Å². The zero-order chi connectivity index (χ0) is 24.6. The number of aliphatic hydroxyl groups excluding tert-OH is 1. The molecule has 0 radical (unpaired) electrons. The summed E-state index contributed by atoms with van der Waals surface area (Å²) in [5.41, 5.74) is 0.162. The summed E-state index contributed by atoms with van der Waals surface area (Å²) in [5, 5.41) is 12.6. The number of hydrogen-bond donors (Lipinski definition) is 2. The number of esters is 1. The van der Waals surface area contributed by atoms with Gasteiger partial charge in [0.15, 0.2) is 0 Å². The fraction of sp³-hybridized carbons (Fsp3) is 0.636. The molecule has 33 heavy (non-hydrogen) atoms. The number of pyridine rings is 1. The van der Waals surface area contributed by atoms with Gasteiger partial charge in [-0.1, -0.05) is 6.58 Å². The number of ether oxygens (including phenoxy) is 3. The van der Waals surface area contributed by atoms with Crippen LogP contribution in [0, 0.1) is 5.92 Å². The number of nitrogens with one attached hydrogen (secondary N) is 1. The molecule has 0 saturated carbocycles. The van der Waals surface area contributed by atoms with Crippen LogP contribution in [0.15, 0.2) is 35.4 Å². The topological polar surface area (TPSA) is 127 Å². The predicted molar refractivity (Wildman–Crippen MR) is 122 cm³/mol. The van der Waals surface area contributed by atoms with Crippen molar-refractivity contribution < 1.29 is 32.5 Å². The van der Waals surface area contributed by atoms with E-state index in [2.05, 4.69) is 21.6 Å². The van der Waals surface area contributed by atoms with Crippen molar-refractivity contribution >= 4 is 16.0 Å². The molecule has 2 rings (SSSR count). The Morgan fingerprint density at radius 2 is 2.00 bits per heavy atom. The Balaban J connectivity index is 1.82. The van der Waals surface area contributed by atoms with Crippen LogP contribution in [-0.4, -0.2) is 74.1 Å². The first-order chi connectivity index (χ1) is 15.4. The van der Waals surface area contributed by atoms with Crippen molar-refractivity contribution in [1.82, 2.24) is 14.6 Å². The van der Waals surface area contributed by atoms with Gasteiger partial charge < -0.3 is 19.3 Å². The van der Waals surface area contributed by atoms with Gasteiger partial charge in [-0.2, -0.15) is 4.31 Å². The van der Waals surface area contributed by atoms with Gasteiger partial charge in [0.05, 0.1) is 18.9 Å². The number of rotatable bonds is 11. The molecule has 1 aromatic heterocycles. The van der Waals surface area contributed by atoms with E-state index in [1.54, 1.807) is 0 Å². The highest BCUT2D eigenvalue weighted by atomic mass is 32.2. The van der Waals surface area contributed by atoms with Crippen LogP contribution in [0.25, 0.3) is 0 Å². The van der Waals surface area contributed by atoms with E-state index < -0.39 is 22.0 Å². The van der Waals surface area contributed by atoms with Crippen LogP contribution in [-0.2, 0) is 24.3 Å². The molecule has 11 heteroatoms. The Kier molecular flexibility index (Phi) is 9.80. The summed E-state index contributed by atoms with van der Waals surface area (Å²) in [4.78, 5) is 15.6. The first-order valence-electron chi connectivity index (χ1n) is 10.8. The van der Waals surface area contributed by atoms with E-state index in [0.717, 1.165) is 0 Å². The van der Waals surface area contributed by atoms with E-state index in [4.69, 9.17) is 9.47 Å². The maximum absolute atomic E-state index is 12.9. The number of aromatic nitrogens is 1. The number of hydrogen-bond acceptors (Lipinski definition) is 9. The molecule has 1 unspecified atom stereocenters. The first kappa shape index (κ1) is 27.2. The lowest BCUT2D eigenvalue weighted by Crippen LogP contribution is -2.39. The number of carbonyl (C=O) groups is 1. The molecule has 0 amide bonds. The lowest BCUT2D eigenvalue weighted by molar-refractivity contribution is -0.180. The molecule has 2 N–H and O–H groups in total. The molecule has 1 fully saturated rings. The summed E-state index contributed by atoms with van der Waals surface area (Å²) < 4.78 is 42.8. The van der Waals surface area contributed by atoms with Crippen molar-refractivity contribution in [1.29, 1.82) is 0 Å². The van der Waals surface area contributed by atoms with E-state index in [0.29, 0.717) is 37.9 Å². The molecule has 186 valence electrons. The molecule has 0 bridgehead atoms. The molecule has 1 atom stereocenters. The van der Waals surface area contributed by atoms with Crippen LogP contribution in [0.3, 0.4) is 0 Å². The second-order valence-corrected chi connectivity index (χ2v) is 10.9. The van der Waals surface area contributed by atoms with Crippen molar-refractivity contribution in [3.05, 3.63) is 30.5 Å². The Morgan fingerprint density at radius 3 is 2.55 bits per heavy atom. The number of methoxy groups -OCH3 is 1. The van der Waals surface area contributed by atoms with E-state index in [-0.39, 0.29) is 35.8 Å². The van der Waals surface area contributed by atoms with E-state index in [9.17, 15) is 18.3 Å². The highest BCUT2D eigenvalue weighted by Gasteiger charge is 2.30. The minimum absolute atomic E-state index is 0.0872. The van der Waals surface area contributed by atoms with Crippen LogP contribution >= 0.6 is 0 Å². The van der Waals surface area contributed by atoms with Gasteiger partial charge >= 0.3 is 5.97 Å². The third kappa shape index (κ3) is 9.01. The second-order valence-electron chi connectivity index (χ2n) is 8.96. The highest BCUT2D eigenvalue weighted by Crippen LogP contribution is 2.26. The molecule has 0 aromatic carbocycles. The standard InChI is InChI=1S/C22H35N3O7S/c1-16(13-24-21(27)32-22(2,3)4)15-31-19-7-6-18(14-23-19)33(28,29)25-10-8-17(9-11-25)12-20(26)30-5/h6-7,14,17,21,24,27H,1,8-13,15H2,2-5H3. The maximum Gasteiger partial charge on any atom is 0.305 e. The third-order valence-electron chi connectivity index (χ3n) is 5.02. The lowest BCUT2D eigenvalue weighted by atomic mass is 9.95. The van der Waals surface area contributed by atoms with Crippen molar-refractivity contribution in [3.63, 3.8) is 0 Å². The smallest absolute Gasteiger partial charge is 0.305 e. The summed E-state index contributed by atoms with van der Waals surface area (Å²) >= 11 is 0. The summed E-state index contributed by atoms with van der Waals surface area (Å²) in [5.74, 6) is 0.115. The summed E-state index contributed by atoms with van der Waals surface area (Å²) in [6.45, 7) is 10.5. The number of aliphatic hydroxyl groups is 1. The molecule has 0 aliphatic carbocycles. The van der Waals surface area contributed by atoms with Gasteiger partial charge in [-0.15, -0.1) is 0 Å². The summed E-state index contributed by atoms with van der Waals surface area (Å²) in [7, 11) is -2.32. The molecule has 1 aliphatic rings. The molecule has 1 aromatic rings. The molecule has 1 saturated heterocycles. The SMILES string of the molecule is C=C(CNC(O)OC(C)(C)C)COc1ccc(S(=O)(=O)N2CCC(CC(=O)OC)CC2)cn1. The van der Waals surface area contributed by atoms with Crippen LogP contribution in [0.1, 0.15) is 40.0 Å². The lowest BCUT2D eigenvalue weighted by Gasteiger charge is -2.30. The van der Waals surface area contributed by atoms with Crippen LogP contribution in [0.5, 0.6) is 5.88 Å². The molecule has 1 aliphatic heterocycles. The second kappa shape index (κ2) is 11.9. The van der Waals surface area contributed by atoms with E-state index in [1.807, 2.05) is 20.8 Å². The number of piperidine rings is 1. The number of sulfonamides is 1. The Bertz CT molecular complexity index is 890. The van der Waals surface area contributed by atoms with Gasteiger partial charge in [-0.3, -0.25) is 10.1 Å². The zero-order valence-corrected chi connectivity index (χ0v) is 20.6. The van der Waals surface area contributed by atoms with Crippen molar-refractivity contribution in [2.75, 3.05) is 33.4 Å².